The number of anilines is 1. The van der Waals surface area contributed by atoms with E-state index in [4.69, 9.17) is 0 Å². The molecule has 0 radical (unpaired) electrons. The molecule has 3 rings (SSSR count). The molecule has 1 fully saturated rings. The first-order valence-electron chi connectivity index (χ1n) is 8.23. The number of aromatic amines is 3. The van der Waals surface area contributed by atoms with Gasteiger partial charge in [0.15, 0.2) is 0 Å². The molecular weight excluding hydrogens is 326 g/mol. The van der Waals surface area contributed by atoms with Crippen LogP contribution in [0.5, 0.6) is 0 Å². The number of H-pyrrole nitrogens is 3. The Bertz CT molecular complexity index is 798. The third kappa shape index (κ3) is 4.34. The van der Waals surface area contributed by atoms with Gasteiger partial charge < -0.3 is 10.2 Å². The molecule has 0 spiro atoms. The summed E-state index contributed by atoms with van der Waals surface area (Å²) in [6.07, 6.45) is 3.46. The first kappa shape index (κ1) is 16.9. The van der Waals surface area contributed by atoms with Crippen LogP contribution in [0, 0.1) is 5.92 Å². The maximum Gasteiger partial charge on any atom is 0.327 e. The number of nitrogens with zero attached hydrogens (tertiary/aromatic N) is 3. The third-order valence-corrected chi connectivity index (χ3v) is 4.38. The van der Waals surface area contributed by atoms with E-state index in [0.29, 0.717) is 31.7 Å². The second-order valence-electron chi connectivity index (χ2n) is 6.34. The van der Waals surface area contributed by atoms with E-state index < -0.39 is 11.2 Å². The summed E-state index contributed by atoms with van der Waals surface area (Å²) in [5, 5.41) is 13.3. The van der Waals surface area contributed by atoms with Crippen molar-refractivity contribution >= 4 is 11.7 Å². The van der Waals surface area contributed by atoms with Crippen molar-refractivity contribution in [2.45, 2.75) is 32.2 Å². The molecule has 2 aromatic heterocycles. The molecule has 2 aromatic rings. The average molecular weight is 347 g/mol. The molecule has 2 unspecified atom stereocenters. The van der Waals surface area contributed by atoms with Gasteiger partial charge in [0, 0.05) is 38.0 Å². The highest BCUT2D eigenvalue weighted by Crippen LogP contribution is 2.24. The molecule has 0 aliphatic carbocycles. The minimum absolute atomic E-state index is 0.0996. The molecule has 1 amide bonds. The molecule has 134 valence electrons. The predicted octanol–water partition coefficient (Wildman–Crippen LogP) is -0.537. The maximum absolute atomic E-state index is 12.4. The minimum atomic E-state index is -0.542. The third-order valence-electron chi connectivity index (χ3n) is 4.38. The quantitative estimate of drug-likeness (QED) is 0.553. The summed E-state index contributed by atoms with van der Waals surface area (Å²) in [5.74, 6) is 0.744. The van der Waals surface area contributed by atoms with Crippen molar-refractivity contribution in [2.24, 2.45) is 5.92 Å². The lowest BCUT2D eigenvalue weighted by atomic mass is 10.1. The molecule has 10 heteroatoms. The van der Waals surface area contributed by atoms with E-state index in [0.717, 1.165) is 12.1 Å². The summed E-state index contributed by atoms with van der Waals surface area (Å²) in [6, 6.07) is 1.47. The van der Waals surface area contributed by atoms with Gasteiger partial charge in [-0.05, 0) is 19.3 Å². The van der Waals surface area contributed by atoms with Crippen LogP contribution in [-0.4, -0.2) is 55.3 Å². The molecule has 4 N–H and O–H groups in total. The topological polar surface area (TPSA) is 140 Å². The van der Waals surface area contributed by atoms with Crippen molar-refractivity contribution in [1.29, 1.82) is 0 Å². The molecule has 1 saturated heterocycles. The van der Waals surface area contributed by atoms with Gasteiger partial charge in [-0.3, -0.25) is 19.6 Å². The average Bonchev–Trinajstić information content (AvgIpc) is 3.19. The summed E-state index contributed by atoms with van der Waals surface area (Å²) in [4.78, 5) is 41.5. The lowest BCUT2D eigenvalue weighted by Crippen LogP contribution is -2.34. The number of amides is 1. The van der Waals surface area contributed by atoms with Crippen molar-refractivity contribution in [3.63, 3.8) is 0 Å². The number of hydrogen-bond donors (Lipinski definition) is 4. The van der Waals surface area contributed by atoms with Gasteiger partial charge in [-0.25, -0.2) is 4.79 Å². The van der Waals surface area contributed by atoms with Gasteiger partial charge in [-0.15, -0.1) is 0 Å². The van der Waals surface area contributed by atoms with Crippen molar-refractivity contribution < 1.29 is 4.79 Å². The van der Waals surface area contributed by atoms with Crippen LogP contribution in [0.3, 0.4) is 0 Å². The number of carbonyl (C=O) groups excluding carboxylic acids is 1. The number of aromatic nitrogens is 5. The lowest BCUT2D eigenvalue weighted by molar-refractivity contribution is -0.131. The highest BCUT2D eigenvalue weighted by Gasteiger charge is 2.31. The first-order chi connectivity index (χ1) is 12.0. The molecular formula is C15H21N7O3. The van der Waals surface area contributed by atoms with Crippen LogP contribution in [0.25, 0.3) is 0 Å². The van der Waals surface area contributed by atoms with E-state index >= 15 is 0 Å². The standard InChI is InChI=1S/C15H21N7O3/c1-9-4-10(6-16-12-5-13(23)19-15(25)18-12)8-22(9)14(24)3-2-11-7-17-21-20-11/h5,7,9-10H,2-4,6,8H2,1H3,(H,17,20,21)(H3,16,18,19,23,25). The number of aryl methyl sites for hydroxylation is 1. The Morgan fingerprint density at radius 2 is 2.24 bits per heavy atom. The number of carbonyl (C=O) groups is 1. The van der Waals surface area contributed by atoms with E-state index in [1.54, 1.807) is 6.20 Å². The smallest absolute Gasteiger partial charge is 0.327 e. The Morgan fingerprint density at radius 1 is 1.40 bits per heavy atom. The van der Waals surface area contributed by atoms with Gasteiger partial charge in [0.1, 0.15) is 5.82 Å². The number of hydrogen-bond acceptors (Lipinski definition) is 6. The van der Waals surface area contributed by atoms with Crippen LogP contribution < -0.4 is 16.6 Å². The molecule has 1 aliphatic heterocycles. The minimum Gasteiger partial charge on any atom is -0.371 e. The molecule has 2 atom stereocenters. The Morgan fingerprint density at radius 3 is 2.96 bits per heavy atom. The van der Waals surface area contributed by atoms with E-state index in [9.17, 15) is 14.4 Å². The second-order valence-corrected chi connectivity index (χ2v) is 6.34. The number of nitrogens with one attached hydrogen (secondary N) is 4. The zero-order valence-corrected chi connectivity index (χ0v) is 13.9. The molecule has 1 aliphatic rings. The fourth-order valence-electron chi connectivity index (χ4n) is 3.18. The molecule has 10 nitrogen and oxygen atoms in total. The molecule has 0 aromatic carbocycles. The number of likely N-dealkylation sites (tertiary alicyclic amines) is 1. The fraction of sp³-hybridized carbons (Fsp3) is 0.533. The van der Waals surface area contributed by atoms with Crippen LogP contribution >= 0.6 is 0 Å². The highest BCUT2D eigenvalue weighted by atomic mass is 16.2. The van der Waals surface area contributed by atoms with Crippen LogP contribution in [0.1, 0.15) is 25.5 Å². The van der Waals surface area contributed by atoms with E-state index in [1.807, 2.05) is 11.8 Å². The predicted molar refractivity (Wildman–Crippen MR) is 90.2 cm³/mol. The van der Waals surface area contributed by atoms with Gasteiger partial charge in [0.05, 0.1) is 11.9 Å². The van der Waals surface area contributed by atoms with Crippen LogP contribution in [0.15, 0.2) is 21.9 Å². The summed E-state index contributed by atoms with van der Waals surface area (Å²) in [5.41, 5.74) is -0.216. The molecule has 3 heterocycles. The second kappa shape index (κ2) is 7.32. The molecule has 25 heavy (non-hydrogen) atoms. The summed E-state index contributed by atoms with van der Waals surface area (Å²) >= 11 is 0. The monoisotopic (exact) mass is 347 g/mol. The Labute approximate surface area is 143 Å². The van der Waals surface area contributed by atoms with Crippen LogP contribution in [0.4, 0.5) is 5.82 Å². The lowest BCUT2D eigenvalue weighted by Gasteiger charge is -2.21. The summed E-state index contributed by atoms with van der Waals surface area (Å²) in [7, 11) is 0. The highest BCUT2D eigenvalue weighted by molar-refractivity contribution is 5.77. The molecule has 0 saturated carbocycles. The number of rotatable bonds is 6. The Balaban J connectivity index is 1.51. The normalized spacial score (nSPS) is 20.0. The fourth-order valence-corrected chi connectivity index (χ4v) is 3.18. The van der Waals surface area contributed by atoms with Crippen molar-refractivity contribution in [3.8, 4) is 0 Å². The zero-order chi connectivity index (χ0) is 17.8. The van der Waals surface area contributed by atoms with Gasteiger partial charge in [0.2, 0.25) is 5.91 Å². The Kier molecular flexibility index (Phi) is 4.96. The Hall–Kier alpha value is -2.91. The SMILES string of the molecule is CC1CC(CNc2cc(=O)[nH]c(=O)[nH]2)CN1C(=O)CCc1cn[nH]n1. The maximum atomic E-state index is 12.4. The van der Waals surface area contributed by atoms with Gasteiger partial charge in [-0.1, -0.05) is 0 Å². The van der Waals surface area contributed by atoms with E-state index in [-0.39, 0.29) is 17.9 Å². The van der Waals surface area contributed by atoms with Crippen molar-refractivity contribution in [1.82, 2.24) is 30.3 Å². The van der Waals surface area contributed by atoms with Gasteiger partial charge in [-0.2, -0.15) is 15.4 Å². The largest absolute Gasteiger partial charge is 0.371 e. The van der Waals surface area contributed by atoms with Crippen molar-refractivity contribution in [3.05, 3.63) is 38.8 Å². The van der Waals surface area contributed by atoms with E-state index in [1.165, 1.54) is 6.07 Å². The van der Waals surface area contributed by atoms with E-state index in [2.05, 4.69) is 30.7 Å². The van der Waals surface area contributed by atoms with Gasteiger partial charge >= 0.3 is 5.69 Å². The van der Waals surface area contributed by atoms with Crippen molar-refractivity contribution in [2.75, 3.05) is 18.4 Å². The van der Waals surface area contributed by atoms with Gasteiger partial charge in [0.25, 0.3) is 5.56 Å². The zero-order valence-electron chi connectivity index (χ0n) is 13.9. The summed E-state index contributed by atoms with van der Waals surface area (Å²) < 4.78 is 0. The first-order valence-corrected chi connectivity index (χ1v) is 8.23. The van der Waals surface area contributed by atoms with Crippen LogP contribution in [0.2, 0.25) is 0 Å². The molecule has 0 bridgehead atoms. The van der Waals surface area contributed by atoms with Crippen LogP contribution in [-0.2, 0) is 11.2 Å². The summed E-state index contributed by atoms with van der Waals surface area (Å²) in [6.45, 7) is 3.26.